The lowest BCUT2D eigenvalue weighted by Crippen LogP contribution is -2.30. The van der Waals surface area contributed by atoms with Gasteiger partial charge in [-0.2, -0.15) is 4.52 Å². The lowest BCUT2D eigenvalue weighted by molar-refractivity contribution is 0.349. The van der Waals surface area contributed by atoms with E-state index in [1.807, 2.05) is 43.3 Å². The van der Waals surface area contributed by atoms with E-state index in [1.54, 1.807) is 12.1 Å². The zero-order valence-corrected chi connectivity index (χ0v) is 19.1. The maximum atomic E-state index is 13.4. The molecule has 0 aliphatic heterocycles. The van der Waals surface area contributed by atoms with Gasteiger partial charge in [0.05, 0.1) is 10.4 Å². The summed E-state index contributed by atoms with van der Waals surface area (Å²) < 4.78 is 28.4. The summed E-state index contributed by atoms with van der Waals surface area (Å²) in [6.45, 7) is 4.29. The fourth-order valence-electron chi connectivity index (χ4n) is 4.55. The topological polar surface area (TPSA) is 89.2 Å². The van der Waals surface area contributed by atoms with Crippen molar-refractivity contribution in [3.63, 3.8) is 0 Å². The second-order valence-electron chi connectivity index (χ2n) is 8.62. The molecule has 1 aliphatic rings. The number of nitrogens with zero attached hydrogens (tertiary/aromatic N) is 4. The van der Waals surface area contributed by atoms with E-state index < -0.39 is 9.84 Å². The van der Waals surface area contributed by atoms with Crippen LogP contribution in [0.2, 0.25) is 0 Å². The molecule has 0 spiro atoms. The highest BCUT2D eigenvalue weighted by molar-refractivity contribution is 7.91. The van der Waals surface area contributed by atoms with Crippen molar-refractivity contribution < 1.29 is 8.42 Å². The van der Waals surface area contributed by atoms with Gasteiger partial charge >= 0.3 is 0 Å². The molecule has 1 N–H and O–H groups in total. The van der Waals surface area contributed by atoms with Crippen molar-refractivity contribution in [3.05, 3.63) is 54.1 Å². The van der Waals surface area contributed by atoms with Crippen LogP contribution in [0.4, 0.5) is 5.82 Å². The fraction of sp³-hybridized carbons (Fsp3) is 0.375. The van der Waals surface area contributed by atoms with Crippen molar-refractivity contribution >= 4 is 32.2 Å². The average molecular weight is 450 g/mol. The molecule has 1 fully saturated rings. The molecule has 2 aromatic carbocycles. The normalized spacial score (nSPS) is 19.4. The Bertz CT molecular complexity index is 1380. The van der Waals surface area contributed by atoms with Crippen LogP contribution < -0.4 is 5.32 Å². The van der Waals surface area contributed by atoms with Gasteiger partial charge in [-0.1, -0.05) is 56.2 Å². The predicted octanol–water partition coefficient (Wildman–Crippen LogP) is 4.66. The lowest BCUT2D eigenvalue weighted by Gasteiger charge is -2.30. The molecule has 0 amide bonds. The van der Waals surface area contributed by atoms with Crippen molar-refractivity contribution in [2.75, 3.05) is 5.32 Å². The molecule has 0 bridgehead atoms. The van der Waals surface area contributed by atoms with Crippen LogP contribution in [0.15, 0.2) is 58.5 Å². The molecule has 166 valence electrons. The zero-order chi connectivity index (χ0) is 22.3. The molecular weight excluding hydrogens is 422 g/mol. The highest BCUT2D eigenvalue weighted by Crippen LogP contribution is 2.31. The number of rotatable bonds is 5. The number of fused-ring (bicyclic) bond motifs is 3. The molecule has 0 saturated heterocycles. The summed E-state index contributed by atoms with van der Waals surface area (Å²) in [6, 6.07) is 15.0. The van der Waals surface area contributed by atoms with Gasteiger partial charge in [-0.15, -0.1) is 5.10 Å². The van der Waals surface area contributed by atoms with Gasteiger partial charge in [-0.25, -0.2) is 13.4 Å². The third kappa shape index (κ3) is 3.52. The first-order chi connectivity index (χ1) is 15.5. The SMILES string of the molecule is CCc1ccc(S(=O)(=O)c2nnn3c2nc(N[C@@H]2CCCC[C@H]2C)c2ccccc23)cc1. The van der Waals surface area contributed by atoms with Gasteiger partial charge in [0, 0.05) is 11.4 Å². The van der Waals surface area contributed by atoms with E-state index in [0.717, 1.165) is 29.3 Å². The molecule has 2 atom stereocenters. The zero-order valence-electron chi connectivity index (χ0n) is 18.3. The minimum Gasteiger partial charge on any atom is -0.366 e. The summed E-state index contributed by atoms with van der Waals surface area (Å²) in [4.78, 5) is 4.96. The number of anilines is 1. The second-order valence-corrected chi connectivity index (χ2v) is 10.5. The molecule has 5 rings (SSSR count). The number of aromatic nitrogens is 4. The average Bonchev–Trinajstić information content (AvgIpc) is 3.26. The first-order valence-electron chi connectivity index (χ1n) is 11.2. The van der Waals surface area contributed by atoms with Crippen molar-refractivity contribution in [1.82, 2.24) is 19.8 Å². The fourth-order valence-corrected chi connectivity index (χ4v) is 5.79. The van der Waals surface area contributed by atoms with E-state index in [2.05, 4.69) is 22.6 Å². The third-order valence-electron chi connectivity index (χ3n) is 6.55. The van der Waals surface area contributed by atoms with Crippen LogP contribution in [0.3, 0.4) is 0 Å². The number of para-hydroxylation sites is 1. The molecule has 2 aromatic heterocycles. The molecule has 4 aromatic rings. The Kier molecular flexibility index (Phi) is 5.33. The van der Waals surface area contributed by atoms with Gasteiger partial charge in [-0.05, 0) is 55.0 Å². The van der Waals surface area contributed by atoms with E-state index in [0.29, 0.717) is 17.8 Å². The van der Waals surface area contributed by atoms with E-state index in [1.165, 1.54) is 23.8 Å². The number of nitrogens with one attached hydrogen (secondary N) is 1. The molecule has 1 aliphatic carbocycles. The number of hydrogen-bond donors (Lipinski definition) is 1. The summed E-state index contributed by atoms with van der Waals surface area (Å²) in [7, 11) is -3.86. The van der Waals surface area contributed by atoms with E-state index in [-0.39, 0.29) is 15.6 Å². The van der Waals surface area contributed by atoms with E-state index in [4.69, 9.17) is 4.98 Å². The Morgan fingerprint density at radius 1 is 1.06 bits per heavy atom. The quantitative estimate of drug-likeness (QED) is 0.476. The lowest BCUT2D eigenvalue weighted by atomic mass is 9.86. The Labute approximate surface area is 187 Å². The molecule has 0 unspecified atom stereocenters. The minimum atomic E-state index is -3.86. The Morgan fingerprint density at radius 2 is 1.81 bits per heavy atom. The van der Waals surface area contributed by atoms with Gasteiger partial charge in [0.1, 0.15) is 5.82 Å². The third-order valence-corrected chi connectivity index (χ3v) is 8.22. The van der Waals surface area contributed by atoms with Gasteiger partial charge in [0.2, 0.25) is 14.9 Å². The van der Waals surface area contributed by atoms with Gasteiger partial charge in [0.25, 0.3) is 0 Å². The molecule has 1 saturated carbocycles. The van der Waals surface area contributed by atoms with Crippen LogP contribution >= 0.6 is 0 Å². The molecule has 7 nitrogen and oxygen atoms in total. The Hall–Kier alpha value is -3.00. The van der Waals surface area contributed by atoms with Crippen LogP contribution in [-0.4, -0.2) is 34.3 Å². The summed E-state index contributed by atoms with van der Waals surface area (Å²) in [5.41, 5.74) is 2.10. The van der Waals surface area contributed by atoms with Crippen molar-refractivity contribution in [2.45, 2.75) is 61.9 Å². The smallest absolute Gasteiger partial charge is 0.229 e. The van der Waals surface area contributed by atoms with Crippen LogP contribution in [-0.2, 0) is 16.3 Å². The van der Waals surface area contributed by atoms with Gasteiger partial charge < -0.3 is 5.32 Å². The number of sulfone groups is 1. The first kappa shape index (κ1) is 20.9. The first-order valence-corrected chi connectivity index (χ1v) is 12.7. The largest absolute Gasteiger partial charge is 0.366 e. The molecular formula is C24H27N5O2S. The predicted molar refractivity (Wildman–Crippen MR) is 125 cm³/mol. The molecule has 0 radical (unpaired) electrons. The van der Waals surface area contributed by atoms with Crippen LogP contribution in [0, 0.1) is 5.92 Å². The number of aryl methyl sites for hydroxylation is 1. The number of hydrogen-bond acceptors (Lipinski definition) is 6. The second kappa shape index (κ2) is 8.16. The highest BCUT2D eigenvalue weighted by atomic mass is 32.2. The molecule has 8 heteroatoms. The Balaban J connectivity index is 1.66. The van der Waals surface area contributed by atoms with Crippen LogP contribution in [0.1, 0.15) is 45.1 Å². The van der Waals surface area contributed by atoms with Crippen molar-refractivity contribution in [2.24, 2.45) is 5.92 Å². The molecule has 2 heterocycles. The van der Waals surface area contributed by atoms with Crippen molar-refractivity contribution in [1.29, 1.82) is 0 Å². The highest BCUT2D eigenvalue weighted by Gasteiger charge is 2.28. The summed E-state index contributed by atoms with van der Waals surface area (Å²) in [6.07, 6.45) is 5.54. The monoisotopic (exact) mass is 449 g/mol. The van der Waals surface area contributed by atoms with E-state index in [9.17, 15) is 8.42 Å². The number of benzene rings is 2. The van der Waals surface area contributed by atoms with Gasteiger partial charge in [0.15, 0.2) is 5.65 Å². The van der Waals surface area contributed by atoms with E-state index >= 15 is 0 Å². The minimum absolute atomic E-state index is 0.118. The van der Waals surface area contributed by atoms with Crippen LogP contribution in [0.25, 0.3) is 16.6 Å². The maximum Gasteiger partial charge on any atom is 0.229 e. The summed E-state index contributed by atoms with van der Waals surface area (Å²) >= 11 is 0. The van der Waals surface area contributed by atoms with Gasteiger partial charge in [-0.3, -0.25) is 0 Å². The maximum absolute atomic E-state index is 13.4. The summed E-state index contributed by atoms with van der Waals surface area (Å²) in [5.74, 6) is 1.22. The standard InChI is InChI=1S/C24H27N5O2S/c1-3-17-12-14-18(15-13-17)32(30,31)24-23-26-22(25-20-10-6-4-8-16(20)2)19-9-5-7-11-21(19)29(23)28-27-24/h5,7,9,11-16,20H,3-4,6,8,10H2,1-2H3,(H,25,26)/t16-,20-/m1/s1. The molecule has 32 heavy (non-hydrogen) atoms. The van der Waals surface area contributed by atoms with Crippen molar-refractivity contribution in [3.8, 4) is 0 Å². The summed E-state index contributed by atoms with van der Waals surface area (Å²) in [5, 5.41) is 12.6. The Morgan fingerprint density at radius 3 is 2.56 bits per heavy atom. The van der Waals surface area contributed by atoms with Crippen LogP contribution in [0.5, 0.6) is 0 Å².